The molecular weight excluding hydrogens is 310 g/mol. The van der Waals surface area contributed by atoms with Gasteiger partial charge in [0.05, 0.1) is 27.9 Å². The van der Waals surface area contributed by atoms with Crippen LogP contribution in [0.1, 0.15) is 17.3 Å². The number of nitrogens with one attached hydrogen (secondary N) is 1. The molecule has 0 radical (unpaired) electrons. The van der Waals surface area contributed by atoms with Gasteiger partial charge in [0.15, 0.2) is 11.5 Å². The first-order valence-corrected chi connectivity index (χ1v) is 7.46. The molecule has 0 unspecified atom stereocenters. The van der Waals surface area contributed by atoms with Crippen molar-refractivity contribution in [3.63, 3.8) is 0 Å². The highest BCUT2D eigenvalue weighted by molar-refractivity contribution is 6.04. The van der Waals surface area contributed by atoms with Crippen LogP contribution in [0.5, 0.6) is 23.0 Å². The number of benzene rings is 2. The average Bonchev–Trinajstić information content (AvgIpc) is 2.61. The van der Waals surface area contributed by atoms with Gasteiger partial charge in [0, 0.05) is 29.4 Å². The first kappa shape index (κ1) is 17.5. The number of amides is 1. The van der Waals surface area contributed by atoms with Gasteiger partial charge in [-0.1, -0.05) is 0 Å². The zero-order valence-electron chi connectivity index (χ0n) is 14.2. The summed E-state index contributed by atoms with van der Waals surface area (Å²) in [6.45, 7) is 2.40. The normalized spacial score (nSPS) is 10.0. The van der Waals surface area contributed by atoms with Gasteiger partial charge in [0.25, 0.3) is 5.91 Å². The fraction of sp³-hybridized carbons (Fsp3) is 0.278. The monoisotopic (exact) mass is 331 g/mol. The van der Waals surface area contributed by atoms with Crippen molar-refractivity contribution in [3.05, 3.63) is 42.0 Å². The van der Waals surface area contributed by atoms with Crippen LogP contribution in [-0.4, -0.2) is 33.8 Å². The molecule has 128 valence electrons. The summed E-state index contributed by atoms with van der Waals surface area (Å²) in [5.41, 5.74) is 1.03. The van der Waals surface area contributed by atoms with Crippen LogP contribution in [0, 0.1) is 0 Å². The molecule has 0 aliphatic carbocycles. The van der Waals surface area contributed by atoms with Gasteiger partial charge in [0.1, 0.15) is 11.5 Å². The molecule has 0 heterocycles. The number of hydrogen-bond acceptors (Lipinski definition) is 5. The van der Waals surface area contributed by atoms with Crippen LogP contribution in [0.3, 0.4) is 0 Å². The Balaban J connectivity index is 2.23. The molecule has 0 aromatic heterocycles. The van der Waals surface area contributed by atoms with Crippen LogP contribution in [0.2, 0.25) is 0 Å². The maximum atomic E-state index is 12.5. The van der Waals surface area contributed by atoms with Crippen molar-refractivity contribution < 1.29 is 23.7 Å². The molecule has 2 aromatic carbocycles. The Bertz CT molecular complexity index is 692. The largest absolute Gasteiger partial charge is 0.497 e. The van der Waals surface area contributed by atoms with Crippen molar-refractivity contribution in [1.82, 2.24) is 0 Å². The van der Waals surface area contributed by atoms with Crippen molar-refractivity contribution in [2.75, 3.05) is 33.3 Å². The number of carbonyl (C=O) groups is 1. The van der Waals surface area contributed by atoms with E-state index in [9.17, 15) is 4.79 Å². The lowest BCUT2D eigenvalue weighted by molar-refractivity contribution is 0.102. The maximum Gasteiger partial charge on any atom is 0.255 e. The van der Waals surface area contributed by atoms with Crippen molar-refractivity contribution in [2.24, 2.45) is 0 Å². The second-order valence-corrected chi connectivity index (χ2v) is 4.85. The van der Waals surface area contributed by atoms with Gasteiger partial charge in [0.2, 0.25) is 0 Å². The Hall–Kier alpha value is -2.89. The Labute approximate surface area is 141 Å². The molecule has 0 saturated carbocycles. The minimum atomic E-state index is -0.272. The summed E-state index contributed by atoms with van der Waals surface area (Å²) in [5, 5.41) is 2.82. The molecule has 2 rings (SSSR count). The molecule has 6 nitrogen and oxygen atoms in total. The maximum absolute atomic E-state index is 12.5. The molecular formula is C18H21NO5. The second kappa shape index (κ2) is 8.10. The van der Waals surface area contributed by atoms with Crippen molar-refractivity contribution in [2.45, 2.75) is 6.92 Å². The smallest absolute Gasteiger partial charge is 0.255 e. The second-order valence-electron chi connectivity index (χ2n) is 4.85. The zero-order valence-corrected chi connectivity index (χ0v) is 14.2. The third-order valence-corrected chi connectivity index (χ3v) is 3.33. The number of ether oxygens (including phenoxy) is 4. The number of rotatable bonds is 7. The number of carbonyl (C=O) groups excluding carboxylic acids is 1. The van der Waals surface area contributed by atoms with Gasteiger partial charge >= 0.3 is 0 Å². The van der Waals surface area contributed by atoms with E-state index in [1.165, 1.54) is 7.11 Å². The van der Waals surface area contributed by atoms with E-state index in [2.05, 4.69) is 5.32 Å². The summed E-state index contributed by atoms with van der Waals surface area (Å²) in [7, 11) is 4.64. The highest BCUT2D eigenvalue weighted by Crippen LogP contribution is 2.29. The van der Waals surface area contributed by atoms with Crippen molar-refractivity contribution in [1.29, 1.82) is 0 Å². The Kier molecular flexibility index (Phi) is 5.89. The molecule has 6 heteroatoms. The van der Waals surface area contributed by atoms with Crippen LogP contribution in [0.25, 0.3) is 0 Å². The summed E-state index contributed by atoms with van der Waals surface area (Å²) < 4.78 is 21.1. The van der Waals surface area contributed by atoms with Crippen LogP contribution in [0.4, 0.5) is 5.69 Å². The van der Waals surface area contributed by atoms with E-state index >= 15 is 0 Å². The van der Waals surface area contributed by atoms with E-state index in [1.807, 2.05) is 6.92 Å². The lowest BCUT2D eigenvalue weighted by atomic mass is 10.1. The number of methoxy groups -OCH3 is 3. The van der Waals surface area contributed by atoms with Crippen LogP contribution in [0.15, 0.2) is 36.4 Å². The zero-order chi connectivity index (χ0) is 17.5. The molecule has 0 saturated heterocycles. The number of anilines is 1. The van der Waals surface area contributed by atoms with E-state index in [0.717, 1.165) is 0 Å². The minimum Gasteiger partial charge on any atom is -0.497 e. The predicted octanol–water partition coefficient (Wildman–Crippen LogP) is 3.36. The molecule has 24 heavy (non-hydrogen) atoms. The summed E-state index contributed by atoms with van der Waals surface area (Å²) in [5.74, 6) is 2.02. The Morgan fingerprint density at radius 3 is 2.12 bits per heavy atom. The highest BCUT2D eigenvalue weighted by Gasteiger charge is 2.12. The van der Waals surface area contributed by atoms with E-state index in [-0.39, 0.29) is 5.91 Å². The fourth-order valence-electron chi connectivity index (χ4n) is 2.17. The summed E-state index contributed by atoms with van der Waals surface area (Å²) in [6.07, 6.45) is 0. The molecule has 0 bridgehead atoms. The van der Waals surface area contributed by atoms with Gasteiger partial charge < -0.3 is 24.3 Å². The first-order chi connectivity index (χ1) is 11.6. The molecule has 2 aromatic rings. The van der Waals surface area contributed by atoms with E-state index < -0.39 is 0 Å². The van der Waals surface area contributed by atoms with Crippen LogP contribution < -0.4 is 24.3 Å². The summed E-state index contributed by atoms with van der Waals surface area (Å²) in [4.78, 5) is 12.5. The molecule has 0 aliphatic heterocycles. The SMILES string of the molecule is CCOc1ccc(C(=O)Nc2cc(OC)cc(OC)c2)cc1OC. The standard InChI is InChI=1S/C18H21NO5/c1-5-24-16-7-6-12(8-17(16)23-4)18(20)19-13-9-14(21-2)11-15(10-13)22-3/h6-11H,5H2,1-4H3,(H,19,20). The quantitative estimate of drug-likeness (QED) is 0.843. The lowest BCUT2D eigenvalue weighted by Crippen LogP contribution is -2.12. The molecule has 0 atom stereocenters. The summed E-state index contributed by atoms with van der Waals surface area (Å²) in [6, 6.07) is 10.2. The van der Waals surface area contributed by atoms with E-state index in [4.69, 9.17) is 18.9 Å². The Morgan fingerprint density at radius 1 is 0.917 bits per heavy atom. The predicted molar refractivity (Wildman–Crippen MR) is 91.7 cm³/mol. The van der Waals surface area contributed by atoms with Gasteiger partial charge in [-0.25, -0.2) is 0 Å². The average molecular weight is 331 g/mol. The minimum absolute atomic E-state index is 0.272. The topological polar surface area (TPSA) is 66.0 Å². The van der Waals surface area contributed by atoms with Gasteiger partial charge in [-0.15, -0.1) is 0 Å². The summed E-state index contributed by atoms with van der Waals surface area (Å²) >= 11 is 0. The van der Waals surface area contributed by atoms with E-state index in [1.54, 1.807) is 50.6 Å². The van der Waals surface area contributed by atoms with E-state index in [0.29, 0.717) is 40.9 Å². The molecule has 0 aliphatic rings. The lowest BCUT2D eigenvalue weighted by Gasteiger charge is -2.12. The van der Waals surface area contributed by atoms with Crippen LogP contribution in [-0.2, 0) is 0 Å². The molecule has 1 amide bonds. The third kappa shape index (κ3) is 4.10. The van der Waals surface area contributed by atoms with Crippen LogP contribution >= 0.6 is 0 Å². The number of hydrogen-bond donors (Lipinski definition) is 1. The molecule has 1 N–H and O–H groups in total. The van der Waals surface area contributed by atoms with Gasteiger partial charge in [-0.05, 0) is 25.1 Å². The molecule has 0 spiro atoms. The Morgan fingerprint density at radius 2 is 1.58 bits per heavy atom. The highest BCUT2D eigenvalue weighted by atomic mass is 16.5. The molecule has 0 fully saturated rings. The fourth-order valence-corrected chi connectivity index (χ4v) is 2.17. The third-order valence-electron chi connectivity index (χ3n) is 3.33. The van der Waals surface area contributed by atoms with Gasteiger partial charge in [-0.2, -0.15) is 0 Å². The van der Waals surface area contributed by atoms with Crippen molar-refractivity contribution >= 4 is 11.6 Å². The first-order valence-electron chi connectivity index (χ1n) is 7.46. The van der Waals surface area contributed by atoms with Gasteiger partial charge in [-0.3, -0.25) is 4.79 Å². The van der Waals surface area contributed by atoms with Crippen molar-refractivity contribution in [3.8, 4) is 23.0 Å².